The summed E-state index contributed by atoms with van der Waals surface area (Å²) in [5, 5.41) is 0.537. The van der Waals surface area contributed by atoms with Crippen LogP contribution in [-0.2, 0) is 11.3 Å². The Balaban J connectivity index is 1.83. The molecule has 0 saturated heterocycles. The first-order chi connectivity index (χ1) is 13.0. The number of halogens is 1. The molecular formula is C20H19FO6. The Morgan fingerprint density at radius 1 is 1.04 bits per heavy atom. The Bertz CT molecular complexity index is 967. The molecule has 0 N–H and O–H groups in total. The van der Waals surface area contributed by atoms with Crippen LogP contribution in [-0.4, -0.2) is 27.3 Å². The van der Waals surface area contributed by atoms with Crippen molar-refractivity contribution in [1.29, 1.82) is 0 Å². The van der Waals surface area contributed by atoms with Gasteiger partial charge in [0.2, 0.25) is 11.5 Å². The third kappa shape index (κ3) is 3.53. The highest BCUT2D eigenvalue weighted by Gasteiger charge is 2.20. The lowest BCUT2D eigenvalue weighted by molar-refractivity contribution is 0.0437. The summed E-state index contributed by atoms with van der Waals surface area (Å²) in [4.78, 5) is 12.4. The minimum Gasteiger partial charge on any atom is -0.493 e. The van der Waals surface area contributed by atoms with Crippen LogP contribution >= 0.6 is 0 Å². The van der Waals surface area contributed by atoms with Gasteiger partial charge in [0.1, 0.15) is 18.0 Å². The van der Waals surface area contributed by atoms with E-state index in [0.29, 0.717) is 39.3 Å². The SMILES string of the molecule is COc1cc(COC(=O)c2oc3ccc(F)cc3c2C)cc(OC)c1OC. The number of hydrogen-bond donors (Lipinski definition) is 0. The van der Waals surface area contributed by atoms with Gasteiger partial charge in [0.15, 0.2) is 11.5 Å². The first kappa shape index (κ1) is 18.6. The van der Waals surface area contributed by atoms with Crippen LogP contribution in [0.4, 0.5) is 4.39 Å². The van der Waals surface area contributed by atoms with E-state index in [1.54, 1.807) is 19.1 Å². The smallest absolute Gasteiger partial charge is 0.374 e. The monoisotopic (exact) mass is 374 g/mol. The van der Waals surface area contributed by atoms with Crippen molar-refractivity contribution >= 4 is 16.9 Å². The minimum absolute atomic E-state index is 0.0274. The molecule has 142 valence electrons. The lowest BCUT2D eigenvalue weighted by Crippen LogP contribution is -2.06. The molecule has 6 nitrogen and oxygen atoms in total. The molecule has 7 heteroatoms. The van der Waals surface area contributed by atoms with Gasteiger partial charge in [0.05, 0.1) is 21.3 Å². The highest BCUT2D eigenvalue weighted by molar-refractivity contribution is 5.95. The van der Waals surface area contributed by atoms with E-state index in [1.165, 1.54) is 39.5 Å². The number of esters is 1. The molecule has 0 aliphatic carbocycles. The van der Waals surface area contributed by atoms with Crippen molar-refractivity contribution in [2.45, 2.75) is 13.5 Å². The molecule has 3 aromatic rings. The normalized spacial score (nSPS) is 10.7. The number of fused-ring (bicyclic) bond motifs is 1. The predicted octanol–water partition coefficient (Wildman–Crippen LogP) is 4.26. The van der Waals surface area contributed by atoms with Crippen molar-refractivity contribution in [2.75, 3.05) is 21.3 Å². The van der Waals surface area contributed by atoms with Crippen molar-refractivity contribution in [3.8, 4) is 17.2 Å². The average Bonchev–Trinajstić information content (AvgIpc) is 3.01. The summed E-state index contributed by atoms with van der Waals surface area (Å²) in [6, 6.07) is 7.46. The summed E-state index contributed by atoms with van der Waals surface area (Å²) in [5.74, 6) is 0.367. The number of benzene rings is 2. The molecular weight excluding hydrogens is 355 g/mol. The number of carbonyl (C=O) groups is 1. The molecule has 3 rings (SSSR count). The molecule has 0 aliphatic rings. The molecule has 0 fully saturated rings. The lowest BCUT2D eigenvalue weighted by atomic mass is 10.1. The number of ether oxygens (including phenoxy) is 4. The number of carbonyl (C=O) groups excluding carboxylic acids is 1. The Hall–Kier alpha value is -3.22. The maximum atomic E-state index is 13.4. The zero-order chi connectivity index (χ0) is 19.6. The maximum absolute atomic E-state index is 13.4. The van der Waals surface area contributed by atoms with E-state index in [0.717, 1.165) is 0 Å². The molecule has 0 amide bonds. The van der Waals surface area contributed by atoms with Gasteiger partial charge in [-0.15, -0.1) is 0 Å². The first-order valence-corrected chi connectivity index (χ1v) is 8.13. The summed E-state index contributed by atoms with van der Waals surface area (Å²) < 4.78 is 40.1. The van der Waals surface area contributed by atoms with Gasteiger partial charge in [0.25, 0.3) is 0 Å². The minimum atomic E-state index is -0.641. The van der Waals surface area contributed by atoms with Crippen LogP contribution in [0.5, 0.6) is 17.2 Å². The zero-order valence-corrected chi connectivity index (χ0v) is 15.4. The van der Waals surface area contributed by atoms with Crippen molar-refractivity contribution in [3.05, 3.63) is 53.0 Å². The fraction of sp³-hybridized carbons (Fsp3) is 0.250. The fourth-order valence-corrected chi connectivity index (χ4v) is 2.82. The van der Waals surface area contributed by atoms with E-state index >= 15 is 0 Å². The molecule has 0 atom stereocenters. The predicted molar refractivity (Wildman–Crippen MR) is 96.1 cm³/mol. The van der Waals surface area contributed by atoms with Gasteiger partial charge in [-0.1, -0.05) is 0 Å². The lowest BCUT2D eigenvalue weighted by Gasteiger charge is -2.14. The van der Waals surface area contributed by atoms with Gasteiger partial charge in [-0.05, 0) is 42.8 Å². The molecule has 0 spiro atoms. The molecule has 0 aliphatic heterocycles. The van der Waals surface area contributed by atoms with Crippen LogP contribution in [0.15, 0.2) is 34.7 Å². The van der Waals surface area contributed by atoms with Gasteiger partial charge >= 0.3 is 5.97 Å². The molecule has 1 aromatic heterocycles. The van der Waals surface area contributed by atoms with Crippen LogP contribution in [0, 0.1) is 12.7 Å². The Morgan fingerprint density at radius 2 is 1.70 bits per heavy atom. The number of aryl methyl sites for hydroxylation is 1. The topological polar surface area (TPSA) is 67.1 Å². The zero-order valence-electron chi connectivity index (χ0n) is 15.4. The highest BCUT2D eigenvalue weighted by atomic mass is 19.1. The third-order valence-electron chi connectivity index (χ3n) is 4.18. The van der Waals surface area contributed by atoms with E-state index in [9.17, 15) is 9.18 Å². The van der Waals surface area contributed by atoms with Crippen molar-refractivity contribution < 1.29 is 32.5 Å². The van der Waals surface area contributed by atoms with Crippen LogP contribution < -0.4 is 14.2 Å². The van der Waals surface area contributed by atoms with E-state index < -0.39 is 11.8 Å². The molecule has 0 unspecified atom stereocenters. The van der Waals surface area contributed by atoms with E-state index in [-0.39, 0.29) is 12.4 Å². The second kappa shape index (κ2) is 7.57. The van der Waals surface area contributed by atoms with Gasteiger partial charge in [-0.3, -0.25) is 0 Å². The van der Waals surface area contributed by atoms with E-state index in [1.807, 2.05) is 0 Å². The largest absolute Gasteiger partial charge is 0.493 e. The van der Waals surface area contributed by atoms with E-state index in [2.05, 4.69) is 0 Å². The molecule has 2 aromatic carbocycles. The second-order valence-electron chi connectivity index (χ2n) is 5.81. The number of methoxy groups -OCH3 is 3. The number of hydrogen-bond acceptors (Lipinski definition) is 6. The van der Waals surface area contributed by atoms with E-state index in [4.69, 9.17) is 23.4 Å². The molecule has 1 heterocycles. The number of rotatable bonds is 6. The van der Waals surface area contributed by atoms with Crippen LogP contribution in [0.2, 0.25) is 0 Å². The Morgan fingerprint density at radius 3 is 2.30 bits per heavy atom. The first-order valence-electron chi connectivity index (χ1n) is 8.13. The van der Waals surface area contributed by atoms with Crippen LogP contribution in [0.25, 0.3) is 11.0 Å². The average molecular weight is 374 g/mol. The summed E-state index contributed by atoms with van der Waals surface area (Å²) in [7, 11) is 4.52. The highest BCUT2D eigenvalue weighted by Crippen LogP contribution is 2.38. The summed E-state index contributed by atoms with van der Waals surface area (Å²) >= 11 is 0. The van der Waals surface area contributed by atoms with Crippen LogP contribution in [0.3, 0.4) is 0 Å². The number of furan rings is 1. The molecule has 0 bridgehead atoms. The summed E-state index contributed by atoms with van der Waals surface area (Å²) in [6.45, 7) is 1.65. The maximum Gasteiger partial charge on any atom is 0.374 e. The Labute approximate surface area is 155 Å². The van der Waals surface area contributed by atoms with Gasteiger partial charge in [0, 0.05) is 10.9 Å². The van der Waals surface area contributed by atoms with Crippen molar-refractivity contribution in [2.24, 2.45) is 0 Å². The second-order valence-corrected chi connectivity index (χ2v) is 5.81. The molecule has 0 saturated carbocycles. The van der Waals surface area contributed by atoms with Crippen LogP contribution in [0.1, 0.15) is 21.7 Å². The Kier molecular flexibility index (Phi) is 5.21. The standard InChI is InChI=1S/C20H19FO6/c1-11-14-9-13(21)5-6-15(14)27-18(11)20(22)26-10-12-7-16(23-2)19(25-4)17(8-12)24-3/h5-9H,10H2,1-4H3. The van der Waals surface area contributed by atoms with Crippen molar-refractivity contribution in [3.63, 3.8) is 0 Å². The fourth-order valence-electron chi connectivity index (χ4n) is 2.82. The summed E-state index contributed by atoms with van der Waals surface area (Å²) in [6.07, 6.45) is 0. The molecule has 27 heavy (non-hydrogen) atoms. The van der Waals surface area contributed by atoms with Crippen molar-refractivity contribution in [1.82, 2.24) is 0 Å². The quantitative estimate of drug-likeness (QED) is 0.601. The van der Waals surface area contributed by atoms with Gasteiger partial charge in [-0.25, -0.2) is 9.18 Å². The third-order valence-corrected chi connectivity index (χ3v) is 4.18. The summed E-state index contributed by atoms with van der Waals surface area (Å²) in [5.41, 5.74) is 1.60. The molecule has 0 radical (unpaired) electrons. The van der Waals surface area contributed by atoms with Gasteiger partial charge in [-0.2, -0.15) is 0 Å². The van der Waals surface area contributed by atoms with Gasteiger partial charge < -0.3 is 23.4 Å².